The largest absolute Gasteiger partial charge is 0.378 e. The lowest BCUT2D eigenvalue weighted by Gasteiger charge is -2.13. The zero-order valence-electron chi connectivity index (χ0n) is 16.2. The van der Waals surface area contributed by atoms with Gasteiger partial charge in [0.05, 0.1) is 0 Å². The van der Waals surface area contributed by atoms with Crippen LogP contribution in [0, 0.1) is 0 Å². The Bertz CT molecular complexity index is 894. The fourth-order valence-corrected chi connectivity index (χ4v) is 2.75. The maximum atomic E-state index is 12.5. The molecule has 1 aromatic heterocycles. The van der Waals surface area contributed by atoms with E-state index in [1.807, 2.05) is 61.5 Å². The number of amides is 1. The first-order valence-corrected chi connectivity index (χ1v) is 9.31. The van der Waals surface area contributed by atoms with Gasteiger partial charge in [-0.25, -0.2) is 9.97 Å². The lowest BCUT2D eigenvalue weighted by atomic mass is 10.1. The molecule has 6 nitrogen and oxygen atoms in total. The van der Waals surface area contributed by atoms with Gasteiger partial charge in [0, 0.05) is 38.2 Å². The number of aromatic nitrogens is 2. The molecule has 2 aromatic carbocycles. The summed E-state index contributed by atoms with van der Waals surface area (Å²) >= 11 is 0. The fourth-order valence-electron chi connectivity index (χ4n) is 2.75. The Balaban J connectivity index is 1.52. The molecule has 1 amide bonds. The highest BCUT2D eigenvalue weighted by Gasteiger charge is 2.09. The van der Waals surface area contributed by atoms with Crippen LogP contribution in [0.2, 0.25) is 0 Å². The second-order valence-corrected chi connectivity index (χ2v) is 6.68. The van der Waals surface area contributed by atoms with E-state index in [0.29, 0.717) is 11.6 Å². The monoisotopic (exact) mass is 375 g/mol. The number of aryl methyl sites for hydroxylation is 1. The third-order valence-electron chi connectivity index (χ3n) is 4.30. The van der Waals surface area contributed by atoms with E-state index in [-0.39, 0.29) is 5.91 Å². The van der Waals surface area contributed by atoms with Crippen LogP contribution in [0.5, 0.6) is 0 Å². The Morgan fingerprint density at radius 3 is 2.46 bits per heavy atom. The molecular formula is C22H25N5O. The molecule has 144 valence electrons. The highest BCUT2D eigenvalue weighted by atomic mass is 16.1. The van der Waals surface area contributed by atoms with Crippen molar-refractivity contribution in [1.29, 1.82) is 0 Å². The summed E-state index contributed by atoms with van der Waals surface area (Å²) in [6, 6.07) is 19.6. The number of nitrogens with zero attached hydrogens (tertiary/aromatic N) is 3. The van der Waals surface area contributed by atoms with E-state index in [2.05, 4.69) is 32.7 Å². The zero-order valence-corrected chi connectivity index (χ0v) is 16.2. The average Bonchev–Trinajstić information content (AvgIpc) is 2.72. The molecule has 2 N–H and O–H groups in total. The first kappa shape index (κ1) is 19.4. The summed E-state index contributed by atoms with van der Waals surface area (Å²) in [6.07, 6.45) is 3.54. The van der Waals surface area contributed by atoms with Gasteiger partial charge in [-0.2, -0.15) is 0 Å². The van der Waals surface area contributed by atoms with Gasteiger partial charge in [0.2, 0.25) is 5.95 Å². The fraction of sp³-hybridized carbons (Fsp3) is 0.227. The van der Waals surface area contributed by atoms with Gasteiger partial charge in [0.15, 0.2) is 0 Å². The topological polar surface area (TPSA) is 70.2 Å². The first-order chi connectivity index (χ1) is 13.6. The van der Waals surface area contributed by atoms with Crippen molar-refractivity contribution in [2.24, 2.45) is 0 Å². The molecule has 0 saturated carbocycles. The summed E-state index contributed by atoms with van der Waals surface area (Å²) in [4.78, 5) is 23.0. The van der Waals surface area contributed by atoms with Gasteiger partial charge in [-0.1, -0.05) is 30.3 Å². The number of carbonyl (C=O) groups excluding carboxylic acids is 1. The van der Waals surface area contributed by atoms with Gasteiger partial charge in [-0.3, -0.25) is 4.79 Å². The number of carbonyl (C=O) groups is 1. The molecule has 0 aliphatic heterocycles. The van der Waals surface area contributed by atoms with Crippen LogP contribution < -0.4 is 15.5 Å². The number of benzene rings is 2. The molecule has 0 spiro atoms. The van der Waals surface area contributed by atoms with Crippen LogP contribution in [0.25, 0.3) is 0 Å². The van der Waals surface area contributed by atoms with Crippen molar-refractivity contribution < 1.29 is 4.79 Å². The zero-order chi connectivity index (χ0) is 19.8. The summed E-state index contributed by atoms with van der Waals surface area (Å²) in [6.45, 7) is 0.742. The Kier molecular flexibility index (Phi) is 6.57. The van der Waals surface area contributed by atoms with Crippen molar-refractivity contribution in [3.63, 3.8) is 0 Å². The molecule has 0 bridgehead atoms. The molecule has 0 saturated heterocycles. The predicted molar refractivity (Wildman–Crippen MR) is 114 cm³/mol. The number of hydrogen-bond donors (Lipinski definition) is 2. The van der Waals surface area contributed by atoms with E-state index in [9.17, 15) is 4.79 Å². The minimum atomic E-state index is -0.257. The number of nitrogens with one attached hydrogen (secondary N) is 2. The van der Waals surface area contributed by atoms with Gasteiger partial charge in [-0.15, -0.1) is 0 Å². The Morgan fingerprint density at radius 2 is 1.75 bits per heavy atom. The number of rotatable bonds is 8. The van der Waals surface area contributed by atoms with Crippen LogP contribution in [-0.2, 0) is 6.42 Å². The second kappa shape index (κ2) is 9.50. The smallest absolute Gasteiger partial charge is 0.274 e. The lowest BCUT2D eigenvalue weighted by Crippen LogP contribution is -2.16. The lowest BCUT2D eigenvalue weighted by molar-refractivity contribution is 0.102. The van der Waals surface area contributed by atoms with E-state index in [1.165, 1.54) is 5.56 Å². The highest BCUT2D eigenvalue weighted by molar-refractivity contribution is 6.03. The Hall–Kier alpha value is -3.41. The van der Waals surface area contributed by atoms with Gasteiger partial charge >= 0.3 is 0 Å². The van der Waals surface area contributed by atoms with Crippen LogP contribution in [0.4, 0.5) is 17.3 Å². The molecule has 28 heavy (non-hydrogen) atoms. The number of anilines is 3. The third kappa shape index (κ3) is 5.54. The van der Waals surface area contributed by atoms with Crippen LogP contribution in [0.1, 0.15) is 22.5 Å². The van der Waals surface area contributed by atoms with Gasteiger partial charge < -0.3 is 15.5 Å². The quantitative estimate of drug-likeness (QED) is 0.586. The predicted octanol–water partition coefficient (Wildman–Crippen LogP) is 3.84. The van der Waals surface area contributed by atoms with E-state index >= 15 is 0 Å². The first-order valence-electron chi connectivity index (χ1n) is 9.31. The molecule has 0 aliphatic carbocycles. The highest BCUT2D eigenvalue weighted by Crippen LogP contribution is 2.16. The maximum Gasteiger partial charge on any atom is 0.274 e. The van der Waals surface area contributed by atoms with Crippen LogP contribution in [0.3, 0.4) is 0 Å². The summed E-state index contributed by atoms with van der Waals surface area (Å²) in [5, 5.41) is 6.05. The SMILES string of the molecule is CN(C)c1ccc(NC(=O)c2ccnc(NCCCc3ccccc3)n2)cc1. The normalized spacial score (nSPS) is 10.4. The molecule has 0 radical (unpaired) electrons. The molecule has 0 atom stereocenters. The van der Waals surface area contributed by atoms with Crippen LogP contribution in [0.15, 0.2) is 66.9 Å². The van der Waals surface area contributed by atoms with Crippen molar-refractivity contribution in [3.8, 4) is 0 Å². The van der Waals surface area contributed by atoms with Crippen LogP contribution >= 0.6 is 0 Å². The number of hydrogen-bond acceptors (Lipinski definition) is 5. The molecule has 6 heteroatoms. The second-order valence-electron chi connectivity index (χ2n) is 6.68. The molecule has 0 aliphatic rings. The van der Waals surface area contributed by atoms with Gasteiger partial charge in [-0.05, 0) is 48.7 Å². The van der Waals surface area contributed by atoms with E-state index in [4.69, 9.17) is 0 Å². The van der Waals surface area contributed by atoms with Crippen molar-refractivity contribution in [2.75, 3.05) is 36.2 Å². The van der Waals surface area contributed by atoms with Crippen molar-refractivity contribution >= 4 is 23.2 Å². The molecule has 3 rings (SSSR count). The van der Waals surface area contributed by atoms with Gasteiger partial charge in [0.25, 0.3) is 5.91 Å². The molecule has 3 aromatic rings. The minimum absolute atomic E-state index is 0.257. The van der Waals surface area contributed by atoms with Gasteiger partial charge in [0.1, 0.15) is 5.69 Å². The summed E-state index contributed by atoms with van der Waals surface area (Å²) in [5.74, 6) is 0.205. The average molecular weight is 375 g/mol. The van der Waals surface area contributed by atoms with E-state index < -0.39 is 0 Å². The Labute approximate surface area is 165 Å². The minimum Gasteiger partial charge on any atom is -0.378 e. The van der Waals surface area contributed by atoms with Crippen molar-refractivity contribution in [2.45, 2.75) is 12.8 Å². The van der Waals surface area contributed by atoms with E-state index in [0.717, 1.165) is 30.8 Å². The van der Waals surface area contributed by atoms with E-state index in [1.54, 1.807) is 12.3 Å². The summed E-state index contributed by atoms with van der Waals surface area (Å²) < 4.78 is 0. The third-order valence-corrected chi connectivity index (χ3v) is 4.30. The van der Waals surface area contributed by atoms with Crippen molar-refractivity contribution in [3.05, 3.63) is 78.1 Å². The molecular weight excluding hydrogens is 350 g/mol. The van der Waals surface area contributed by atoms with Crippen molar-refractivity contribution in [1.82, 2.24) is 9.97 Å². The summed E-state index contributed by atoms with van der Waals surface area (Å²) in [5.41, 5.74) is 3.43. The maximum absolute atomic E-state index is 12.5. The molecule has 0 fully saturated rings. The molecule has 0 unspecified atom stereocenters. The molecule has 1 heterocycles. The standard InChI is InChI=1S/C22H25N5O/c1-27(2)19-12-10-18(11-13-19)25-21(28)20-14-16-24-22(26-20)23-15-6-9-17-7-4-3-5-8-17/h3-5,7-8,10-14,16H,6,9,15H2,1-2H3,(H,25,28)(H,23,24,26). The Morgan fingerprint density at radius 1 is 1.00 bits per heavy atom. The van der Waals surface area contributed by atoms with Crippen LogP contribution in [-0.4, -0.2) is 36.5 Å². The summed E-state index contributed by atoms with van der Waals surface area (Å²) in [7, 11) is 3.95.